The SMILES string of the molecule is CS(=O)(=O)NC(O)c1cc(I)cc(I)c1I. The van der Waals surface area contributed by atoms with E-state index in [0.29, 0.717) is 5.56 Å². The molecule has 0 saturated carbocycles. The van der Waals surface area contributed by atoms with Crippen LogP contribution in [-0.4, -0.2) is 19.8 Å². The van der Waals surface area contributed by atoms with Crippen molar-refractivity contribution in [1.29, 1.82) is 0 Å². The van der Waals surface area contributed by atoms with E-state index in [9.17, 15) is 13.5 Å². The molecule has 1 aromatic carbocycles. The lowest BCUT2D eigenvalue weighted by Crippen LogP contribution is -2.27. The Morgan fingerprint density at radius 1 is 1.31 bits per heavy atom. The first-order chi connectivity index (χ1) is 7.20. The molecule has 1 aromatic rings. The summed E-state index contributed by atoms with van der Waals surface area (Å²) < 4.78 is 27.0. The van der Waals surface area contributed by atoms with Gasteiger partial charge < -0.3 is 5.11 Å². The van der Waals surface area contributed by atoms with E-state index in [1.807, 2.05) is 6.07 Å². The Balaban J connectivity index is 3.13. The van der Waals surface area contributed by atoms with Crippen molar-refractivity contribution in [2.45, 2.75) is 6.23 Å². The summed E-state index contributed by atoms with van der Waals surface area (Å²) in [7, 11) is -3.42. The monoisotopic (exact) mass is 579 g/mol. The fraction of sp³-hybridized carbons (Fsp3) is 0.250. The van der Waals surface area contributed by atoms with Gasteiger partial charge in [0.2, 0.25) is 10.0 Å². The number of halogens is 3. The Morgan fingerprint density at radius 3 is 2.38 bits per heavy atom. The number of hydrogen-bond donors (Lipinski definition) is 2. The highest BCUT2D eigenvalue weighted by Gasteiger charge is 2.17. The molecule has 1 unspecified atom stereocenters. The maximum atomic E-state index is 11.0. The summed E-state index contributed by atoms with van der Waals surface area (Å²) in [6, 6.07) is 3.72. The number of nitrogens with one attached hydrogen (secondary N) is 1. The Labute approximate surface area is 135 Å². The number of rotatable bonds is 3. The maximum Gasteiger partial charge on any atom is 0.211 e. The molecule has 16 heavy (non-hydrogen) atoms. The van der Waals surface area contributed by atoms with Crippen molar-refractivity contribution in [2.24, 2.45) is 0 Å². The molecule has 0 amide bonds. The summed E-state index contributed by atoms with van der Waals surface area (Å²) in [5, 5.41) is 9.78. The van der Waals surface area contributed by atoms with Gasteiger partial charge in [0.15, 0.2) is 0 Å². The van der Waals surface area contributed by atoms with Crippen LogP contribution < -0.4 is 4.72 Å². The number of hydrogen-bond acceptors (Lipinski definition) is 3. The van der Waals surface area contributed by atoms with Crippen LogP contribution in [0.5, 0.6) is 0 Å². The van der Waals surface area contributed by atoms with Crippen molar-refractivity contribution in [2.75, 3.05) is 6.26 Å². The highest BCUT2D eigenvalue weighted by molar-refractivity contribution is 14.1. The van der Waals surface area contributed by atoms with Crippen LogP contribution in [0.3, 0.4) is 0 Å². The number of aliphatic hydroxyl groups excluding tert-OH is 1. The summed E-state index contributed by atoms with van der Waals surface area (Å²) in [5.74, 6) is 0. The molecule has 0 aliphatic rings. The Morgan fingerprint density at radius 2 is 1.88 bits per heavy atom. The minimum Gasteiger partial charge on any atom is -0.373 e. The van der Waals surface area contributed by atoms with Gasteiger partial charge in [-0.25, -0.2) is 8.42 Å². The van der Waals surface area contributed by atoms with Crippen LogP contribution in [0.15, 0.2) is 12.1 Å². The zero-order valence-corrected chi connectivity index (χ0v) is 15.3. The van der Waals surface area contributed by atoms with E-state index in [0.717, 1.165) is 17.0 Å². The minimum atomic E-state index is -3.42. The van der Waals surface area contributed by atoms with Crippen LogP contribution in [0.1, 0.15) is 11.8 Å². The predicted octanol–water partition coefficient (Wildman–Crippen LogP) is 2.04. The Kier molecular flexibility index (Phi) is 5.70. The molecule has 0 saturated heterocycles. The van der Waals surface area contributed by atoms with Crippen molar-refractivity contribution in [3.05, 3.63) is 28.4 Å². The van der Waals surface area contributed by atoms with E-state index in [1.165, 1.54) is 0 Å². The lowest BCUT2D eigenvalue weighted by Gasteiger charge is -2.14. The van der Waals surface area contributed by atoms with E-state index < -0.39 is 16.3 Å². The van der Waals surface area contributed by atoms with E-state index in [4.69, 9.17) is 0 Å². The average Bonchev–Trinajstić information content (AvgIpc) is 2.08. The average molecular weight is 579 g/mol. The molecule has 8 heteroatoms. The molecule has 0 aliphatic heterocycles. The third kappa shape index (κ3) is 4.51. The zero-order valence-electron chi connectivity index (χ0n) is 8.04. The standard InChI is InChI=1S/C8H8I3NO3S/c1-16(14,15)12-8(13)5-2-4(9)3-6(10)7(5)11/h2-3,8,12-13H,1H3. The Hall–Kier alpha value is 1.28. The molecule has 0 aromatic heterocycles. The first kappa shape index (κ1) is 15.3. The second kappa shape index (κ2) is 5.95. The summed E-state index contributed by atoms with van der Waals surface area (Å²) in [5.41, 5.74) is 0.572. The molecule has 0 aliphatic carbocycles. The van der Waals surface area contributed by atoms with Crippen LogP contribution in [0.25, 0.3) is 0 Å². The summed E-state index contributed by atoms with van der Waals surface area (Å²) in [4.78, 5) is 0. The lowest BCUT2D eigenvalue weighted by molar-refractivity contribution is 0.165. The van der Waals surface area contributed by atoms with Crippen LogP contribution in [0.4, 0.5) is 0 Å². The normalized spacial score (nSPS) is 13.8. The highest BCUT2D eigenvalue weighted by atomic mass is 127. The summed E-state index contributed by atoms with van der Waals surface area (Å²) in [6.07, 6.45) is -0.188. The van der Waals surface area contributed by atoms with Gasteiger partial charge in [-0.15, -0.1) is 0 Å². The third-order valence-electron chi connectivity index (χ3n) is 1.64. The molecule has 0 fully saturated rings. The van der Waals surface area contributed by atoms with Crippen molar-refractivity contribution in [3.63, 3.8) is 0 Å². The van der Waals surface area contributed by atoms with Crippen molar-refractivity contribution < 1.29 is 13.5 Å². The van der Waals surface area contributed by atoms with Gasteiger partial charge >= 0.3 is 0 Å². The van der Waals surface area contributed by atoms with Gasteiger partial charge in [0.1, 0.15) is 6.23 Å². The van der Waals surface area contributed by atoms with Gasteiger partial charge in [-0.2, -0.15) is 4.72 Å². The van der Waals surface area contributed by atoms with Gasteiger partial charge in [-0.3, -0.25) is 0 Å². The van der Waals surface area contributed by atoms with Crippen LogP contribution in [0.2, 0.25) is 0 Å². The number of sulfonamides is 1. The molecular weight excluding hydrogens is 571 g/mol. The molecule has 0 bridgehead atoms. The van der Waals surface area contributed by atoms with E-state index >= 15 is 0 Å². The van der Waals surface area contributed by atoms with Crippen molar-refractivity contribution >= 4 is 77.8 Å². The second-order valence-corrected chi connectivity index (χ2v) is 8.35. The van der Waals surface area contributed by atoms with Crippen molar-refractivity contribution in [1.82, 2.24) is 4.72 Å². The van der Waals surface area contributed by atoms with Crippen molar-refractivity contribution in [3.8, 4) is 0 Å². The topological polar surface area (TPSA) is 66.4 Å². The summed E-state index contributed by atoms with van der Waals surface area (Å²) in [6.45, 7) is 0. The lowest BCUT2D eigenvalue weighted by atomic mass is 10.2. The third-order valence-corrected chi connectivity index (χ3v) is 6.00. The van der Waals surface area contributed by atoms with Gasteiger partial charge in [-0.1, -0.05) is 0 Å². The van der Waals surface area contributed by atoms with Crippen LogP contribution in [0, 0.1) is 10.7 Å². The smallest absolute Gasteiger partial charge is 0.211 e. The fourth-order valence-corrected chi connectivity index (χ4v) is 4.07. The maximum absolute atomic E-state index is 11.0. The molecule has 1 atom stereocenters. The van der Waals surface area contributed by atoms with Gasteiger partial charge in [0.05, 0.1) is 6.26 Å². The first-order valence-electron chi connectivity index (χ1n) is 4.00. The zero-order chi connectivity index (χ0) is 12.5. The molecule has 1 rings (SSSR count). The Bertz CT molecular complexity index is 503. The molecule has 90 valence electrons. The van der Waals surface area contributed by atoms with Gasteiger partial charge in [0.25, 0.3) is 0 Å². The van der Waals surface area contributed by atoms with Gasteiger partial charge in [0, 0.05) is 16.3 Å². The first-order valence-corrected chi connectivity index (χ1v) is 9.13. The molecule has 2 N–H and O–H groups in total. The molecule has 0 radical (unpaired) electrons. The highest BCUT2D eigenvalue weighted by Crippen LogP contribution is 2.26. The summed E-state index contributed by atoms with van der Waals surface area (Å²) >= 11 is 6.35. The molecule has 0 spiro atoms. The molecule has 4 nitrogen and oxygen atoms in total. The quantitative estimate of drug-likeness (QED) is 0.328. The second-order valence-electron chi connectivity index (χ2n) is 3.08. The van der Waals surface area contributed by atoms with Gasteiger partial charge in [-0.05, 0) is 79.9 Å². The predicted molar refractivity (Wildman–Crippen MR) is 87.5 cm³/mol. The largest absolute Gasteiger partial charge is 0.373 e. The fourth-order valence-electron chi connectivity index (χ4n) is 1.04. The van der Waals surface area contributed by atoms with Crippen LogP contribution in [-0.2, 0) is 10.0 Å². The number of benzene rings is 1. The van der Waals surface area contributed by atoms with E-state index in [1.54, 1.807) is 6.07 Å². The van der Waals surface area contributed by atoms with E-state index in [2.05, 4.69) is 72.5 Å². The molecule has 0 heterocycles. The molecular formula is C8H8I3NO3S. The number of aliphatic hydroxyl groups is 1. The van der Waals surface area contributed by atoms with E-state index in [-0.39, 0.29) is 0 Å². The van der Waals surface area contributed by atoms with Crippen LogP contribution >= 0.6 is 67.8 Å². The minimum absolute atomic E-state index is 0.572.